The first kappa shape index (κ1) is 29.6. The predicted octanol–water partition coefficient (Wildman–Crippen LogP) is 4.99. The molecule has 5 aromatic rings. The van der Waals surface area contributed by atoms with Gasteiger partial charge in [-0.05, 0) is 86.5 Å². The zero-order valence-electron chi connectivity index (χ0n) is 25.1. The quantitative estimate of drug-likeness (QED) is 0.267. The highest BCUT2D eigenvalue weighted by atomic mass is 32.1. The fraction of sp³-hybridized carbons (Fsp3) is 0.143. The summed E-state index contributed by atoms with van der Waals surface area (Å²) < 4.78 is 9.37. The van der Waals surface area contributed by atoms with E-state index in [1.54, 1.807) is 48.9 Å². The predicted molar refractivity (Wildman–Crippen MR) is 174 cm³/mol. The third-order valence-corrected chi connectivity index (χ3v) is 8.82. The van der Waals surface area contributed by atoms with Gasteiger partial charge in [0.05, 0.1) is 34.5 Å². The number of rotatable bonds is 7. The number of hydrogen-bond acceptors (Lipinski definition) is 6. The number of amides is 1. The molecule has 0 radical (unpaired) electrons. The van der Waals surface area contributed by atoms with Gasteiger partial charge in [-0.25, -0.2) is 9.79 Å². The Morgan fingerprint density at radius 1 is 0.978 bits per heavy atom. The second kappa shape index (κ2) is 11.9. The minimum absolute atomic E-state index is 0.191. The van der Waals surface area contributed by atoms with Crippen molar-refractivity contribution in [3.05, 3.63) is 144 Å². The summed E-state index contributed by atoms with van der Waals surface area (Å²) in [6.45, 7) is 5.65. The molecule has 3 aromatic carbocycles. The number of carboxylic acids is 1. The molecular formula is C35H30N4O5S. The molecule has 3 heterocycles. The zero-order chi connectivity index (χ0) is 31.8. The highest BCUT2D eigenvalue weighted by Crippen LogP contribution is 2.32. The summed E-state index contributed by atoms with van der Waals surface area (Å²) in [6, 6.07) is 24.5. The van der Waals surface area contributed by atoms with Crippen LogP contribution in [0.25, 0.3) is 11.8 Å². The van der Waals surface area contributed by atoms with E-state index in [1.807, 2.05) is 79.1 Å². The molecule has 0 bridgehead atoms. The lowest BCUT2D eigenvalue weighted by Gasteiger charge is -2.25. The van der Waals surface area contributed by atoms with Gasteiger partial charge in [-0.1, -0.05) is 47.7 Å². The number of thiazole rings is 1. The molecule has 2 aromatic heterocycles. The normalized spacial score (nSPS) is 14.6. The first-order valence-electron chi connectivity index (χ1n) is 14.2. The number of nitrogens with one attached hydrogen (secondary N) is 1. The third-order valence-electron chi connectivity index (χ3n) is 7.84. The molecule has 9 nitrogen and oxygen atoms in total. The minimum atomic E-state index is -1.00. The number of nitrogens with zero attached hydrogens (tertiary/aromatic N) is 3. The number of para-hydroxylation sites is 1. The van der Waals surface area contributed by atoms with Gasteiger partial charge in [-0.3, -0.25) is 14.2 Å². The molecule has 45 heavy (non-hydrogen) atoms. The molecule has 226 valence electrons. The summed E-state index contributed by atoms with van der Waals surface area (Å²) in [6.07, 6.45) is 1.83. The van der Waals surface area contributed by atoms with Gasteiger partial charge in [-0.2, -0.15) is 0 Å². The van der Waals surface area contributed by atoms with Gasteiger partial charge >= 0.3 is 5.97 Å². The van der Waals surface area contributed by atoms with E-state index in [0.29, 0.717) is 32.0 Å². The van der Waals surface area contributed by atoms with Crippen molar-refractivity contribution in [3.8, 4) is 11.4 Å². The Bertz CT molecular complexity index is 2170. The van der Waals surface area contributed by atoms with Crippen molar-refractivity contribution in [1.82, 2.24) is 9.13 Å². The average Bonchev–Trinajstić information content (AvgIpc) is 3.49. The summed E-state index contributed by atoms with van der Waals surface area (Å²) >= 11 is 1.26. The highest BCUT2D eigenvalue weighted by molar-refractivity contribution is 7.07. The molecule has 1 amide bonds. The Morgan fingerprint density at radius 2 is 1.71 bits per heavy atom. The fourth-order valence-corrected chi connectivity index (χ4v) is 6.72. The largest absolute Gasteiger partial charge is 0.497 e. The van der Waals surface area contributed by atoms with E-state index in [2.05, 4.69) is 5.32 Å². The number of benzene rings is 3. The maximum absolute atomic E-state index is 14.2. The second-order valence-electron chi connectivity index (χ2n) is 10.7. The number of aromatic nitrogens is 2. The van der Waals surface area contributed by atoms with Crippen LogP contribution in [0.3, 0.4) is 0 Å². The van der Waals surface area contributed by atoms with E-state index < -0.39 is 12.0 Å². The van der Waals surface area contributed by atoms with Crippen molar-refractivity contribution >= 4 is 35.0 Å². The van der Waals surface area contributed by atoms with Crippen LogP contribution in [0.15, 0.2) is 106 Å². The van der Waals surface area contributed by atoms with Crippen molar-refractivity contribution in [2.45, 2.75) is 26.8 Å². The molecule has 1 aliphatic rings. The van der Waals surface area contributed by atoms with Gasteiger partial charge in [0, 0.05) is 22.8 Å². The SMILES string of the molecule is COc1ccc(C2C(C(=O)Nc3ccccc3)=C(C)N=c3s/c(=C\c4cc(C)n(-c5cccc(C(=O)O)c5)c4C)c(=O)n32)cc1. The number of hydrogen-bond donors (Lipinski definition) is 2. The van der Waals surface area contributed by atoms with E-state index in [0.717, 1.165) is 28.2 Å². The topological polar surface area (TPSA) is 115 Å². The Balaban J connectivity index is 1.48. The van der Waals surface area contributed by atoms with Gasteiger partial charge in [0.2, 0.25) is 0 Å². The summed E-state index contributed by atoms with van der Waals surface area (Å²) in [5, 5.41) is 12.4. The number of aromatic carboxylic acids is 1. The maximum Gasteiger partial charge on any atom is 0.335 e. The fourth-order valence-electron chi connectivity index (χ4n) is 5.68. The number of methoxy groups -OCH3 is 1. The molecule has 2 N–H and O–H groups in total. The van der Waals surface area contributed by atoms with Crippen LogP contribution >= 0.6 is 11.3 Å². The van der Waals surface area contributed by atoms with Crippen LogP contribution in [-0.2, 0) is 4.79 Å². The van der Waals surface area contributed by atoms with Crippen LogP contribution in [0.2, 0.25) is 0 Å². The van der Waals surface area contributed by atoms with Gasteiger partial charge in [-0.15, -0.1) is 0 Å². The number of allylic oxidation sites excluding steroid dienone is 1. The van der Waals surface area contributed by atoms with Crippen LogP contribution < -0.4 is 24.9 Å². The summed E-state index contributed by atoms with van der Waals surface area (Å²) in [5.74, 6) is -0.685. The highest BCUT2D eigenvalue weighted by Gasteiger charge is 2.32. The summed E-state index contributed by atoms with van der Waals surface area (Å²) in [7, 11) is 1.58. The maximum atomic E-state index is 14.2. The van der Waals surface area contributed by atoms with Gasteiger partial charge in [0.1, 0.15) is 5.75 Å². The first-order valence-corrected chi connectivity index (χ1v) is 15.0. The molecular weight excluding hydrogens is 588 g/mol. The monoisotopic (exact) mass is 618 g/mol. The van der Waals surface area contributed by atoms with Crippen LogP contribution in [0.4, 0.5) is 5.69 Å². The molecule has 0 saturated heterocycles. The molecule has 0 spiro atoms. The lowest BCUT2D eigenvalue weighted by atomic mass is 9.95. The number of ether oxygens (including phenoxy) is 1. The van der Waals surface area contributed by atoms with E-state index in [4.69, 9.17) is 9.73 Å². The number of carbonyl (C=O) groups is 2. The van der Waals surface area contributed by atoms with Gasteiger partial charge in [0.15, 0.2) is 4.80 Å². The number of fused-ring (bicyclic) bond motifs is 1. The Hall–Kier alpha value is -5.48. The molecule has 1 unspecified atom stereocenters. The minimum Gasteiger partial charge on any atom is -0.497 e. The Labute approximate surface area is 262 Å². The zero-order valence-corrected chi connectivity index (χ0v) is 25.9. The van der Waals surface area contributed by atoms with Crippen LogP contribution in [0.1, 0.15) is 45.8 Å². The molecule has 0 saturated carbocycles. The van der Waals surface area contributed by atoms with Crippen molar-refractivity contribution in [3.63, 3.8) is 0 Å². The van der Waals surface area contributed by atoms with Gasteiger partial charge in [0.25, 0.3) is 11.5 Å². The number of carboxylic acid groups (broad SMARTS) is 1. The lowest BCUT2D eigenvalue weighted by molar-refractivity contribution is -0.113. The number of aryl methyl sites for hydroxylation is 1. The second-order valence-corrected chi connectivity index (χ2v) is 11.7. The summed E-state index contributed by atoms with van der Waals surface area (Å²) in [5.41, 5.74) is 5.48. The standard InChI is InChI=1S/C35H30N4O5S/c1-20-17-25(22(3)38(20)27-12-8-9-24(18-27)34(42)43)19-29-33(41)39-31(23-13-15-28(44-4)16-14-23)30(21(2)36-35(39)45-29)32(40)37-26-10-6-5-7-11-26/h5-19,31H,1-4H3,(H,37,40)(H,42,43)/b29-19-. The van der Waals surface area contributed by atoms with Crippen LogP contribution in [0.5, 0.6) is 5.75 Å². The molecule has 1 atom stereocenters. The lowest BCUT2D eigenvalue weighted by Crippen LogP contribution is -2.40. The van der Waals surface area contributed by atoms with Crippen LogP contribution in [0, 0.1) is 13.8 Å². The van der Waals surface area contributed by atoms with E-state index in [1.165, 1.54) is 11.3 Å². The van der Waals surface area contributed by atoms with E-state index in [-0.39, 0.29) is 17.0 Å². The average molecular weight is 619 g/mol. The van der Waals surface area contributed by atoms with Crippen molar-refractivity contribution < 1.29 is 19.4 Å². The van der Waals surface area contributed by atoms with Crippen molar-refractivity contribution in [2.75, 3.05) is 12.4 Å². The van der Waals surface area contributed by atoms with Crippen LogP contribution in [-0.4, -0.2) is 33.2 Å². The number of carbonyl (C=O) groups excluding carboxylic acids is 1. The molecule has 0 fully saturated rings. The molecule has 0 aliphatic carbocycles. The molecule has 6 rings (SSSR count). The van der Waals surface area contributed by atoms with E-state index in [9.17, 15) is 19.5 Å². The smallest absolute Gasteiger partial charge is 0.335 e. The third kappa shape index (κ3) is 5.51. The molecule has 10 heteroatoms. The number of anilines is 1. The summed E-state index contributed by atoms with van der Waals surface area (Å²) in [4.78, 5) is 44.8. The molecule has 1 aliphatic heterocycles. The van der Waals surface area contributed by atoms with Gasteiger partial charge < -0.3 is 19.7 Å². The van der Waals surface area contributed by atoms with Crippen molar-refractivity contribution in [2.24, 2.45) is 4.99 Å². The Kier molecular flexibility index (Phi) is 7.82. The van der Waals surface area contributed by atoms with E-state index >= 15 is 0 Å². The van der Waals surface area contributed by atoms with Crippen molar-refractivity contribution in [1.29, 1.82) is 0 Å². The Morgan fingerprint density at radius 3 is 2.40 bits per heavy atom. The first-order chi connectivity index (χ1) is 21.7.